The van der Waals surface area contributed by atoms with Crippen molar-refractivity contribution in [3.05, 3.63) is 137 Å². The second-order valence-corrected chi connectivity index (χ2v) is 23.7. The number of azide groups is 4. The predicted molar refractivity (Wildman–Crippen MR) is 396 cm³/mol. The zero-order valence-corrected chi connectivity index (χ0v) is 63.7. The van der Waals surface area contributed by atoms with Gasteiger partial charge in [0.2, 0.25) is 5.97 Å². The number of carbonyl (C=O) groups excluding carboxylic acids is 5. The number of aliphatic hydroxyl groups excluding tert-OH is 1. The quantitative estimate of drug-likeness (QED) is 0.00841. The van der Waals surface area contributed by atoms with Gasteiger partial charge in [-0.2, -0.15) is 0 Å². The van der Waals surface area contributed by atoms with E-state index in [1.165, 1.54) is 135 Å². The minimum Gasteiger partial charge on any atom is -0.793 e. The van der Waals surface area contributed by atoms with E-state index in [0.29, 0.717) is 51.8 Å². The Morgan fingerprint density at radius 3 is 1.29 bits per heavy atom. The summed E-state index contributed by atoms with van der Waals surface area (Å²) in [6.45, 7) is 23.6. The van der Waals surface area contributed by atoms with Crippen LogP contribution in [0.5, 0.6) is 23.0 Å². The Morgan fingerprint density at radius 1 is 0.577 bits per heavy atom. The molecule has 0 unspecified atom stereocenters. The van der Waals surface area contributed by atoms with E-state index in [1.807, 2.05) is 18.2 Å². The number of benzene rings is 4. The van der Waals surface area contributed by atoms with E-state index in [1.54, 1.807) is 24.3 Å². The fraction of sp³-hybridized carbons (Fsp3) is 0.479. The molecule has 0 aliphatic carbocycles. The summed E-state index contributed by atoms with van der Waals surface area (Å²) in [6, 6.07) is 21.1. The molecule has 0 bridgehead atoms. The van der Waals surface area contributed by atoms with E-state index in [2.05, 4.69) is 138 Å². The molecule has 4 aliphatic rings. The van der Waals surface area contributed by atoms with E-state index in [-0.39, 0.29) is 79.5 Å². The monoisotopic (exact) mass is 1460 g/mol. The van der Waals surface area contributed by atoms with Crippen molar-refractivity contribution >= 4 is 69.5 Å². The molecule has 549 valence electrons. The Bertz CT molecular complexity index is 3630. The van der Waals surface area contributed by atoms with Crippen molar-refractivity contribution in [1.82, 2.24) is 20.0 Å². The van der Waals surface area contributed by atoms with Gasteiger partial charge in [-0.15, -0.1) is 34.3 Å². The third-order valence-corrected chi connectivity index (χ3v) is 15.0. The number of esters is 1. The van der Waals surface area contributed by atoms with Crippen LogP contribution in [0.3, 0.4) is 0 Å². The van der Waals surface area contributed by atoms with Gasteiger partial charge in [0.15, 0.2) is 0 Å². The average molecular weight is 1460 g/mol. The summed E-state index contributed by atoms with van der Waals surface area (Å²) in [5, 5.41) is 26.3. The van der Waals surface area contributed by atoms with E-state index < -0.39 is 23.9 Å². The van der Waals surface area contributed by atoms with Gasteiger partial charge in [0, 0.05) is 64.6 Å². The summed E-state index contributed by atoms with van der Waals surface area (Å²) in [5.74, 6) is 10.5. The SMILES string of the molecule is C#CCOc1ccc(C(=O)OC)cc1N=[N+]=[N-].C#CCOc1ccc(C=O)cc1N=[N+]=[N-].C#CCOc1ccc(CN2CCC(N3CCC(C)CC3)CC2)cc1N=[N+]=[N-].C#CCOc1ccc(CO)cc1N=[N+]=[N-].CC(=O)OOC(C)=O.CC1CCN(C2CCNCC2)CC1.CPC.[B-]OC(C)=O.[Na+]. The van der Waals surface area contributed by atoms with Gasteiger partial charge in [0.05, 0.1) is 42.0 Å². The number of piperidine rings is 4. The van der Waals surface area contributed by atoms with E-state index in [4.69, 9.17) is 71.9 Å². The van der Waals surface area contributed by atoms with Crippen LogP contribution < -0.4 is 53.8 Å². The van der Waals surface area contributed by atoms with Gasteiger partial charge in [0.1, 0.15) is 55.7 Å². The van der Waals surface area contributed by atoms with Crippen LogP contribution in [0.2, 0.25) is 0 Å². The Morgan fingerprint density at radius 2 is 0.933 bits per heavy atom. The van der Waals surface area contributed by atoms with Crippen molar-refractivity contribution in [3.63, 3.8) is 0 Å². The molecule has 4 heterocycles. The first-order valence-electron chi connectivity index (χ1n) is 32.6. The topological polar surface area (TPSA) is 396 Å². The number of nitrogens with one attached hydrogen (secondary N) is 1. The molecule has 2 N–H and O–H groups in total. The van der Waals surface area contributed by atoms with Crippen LogP contribution in [0, 0.1) is 61.2 Å². The maximum absolute atomic E-state index is 11.3. The first kappa shape index (κ1) is 94.4. The van der Waals surface area contributed by atoms with Gasteiger partial charge < -0.3 is 56.6 Å². The molecule has 4 saturated heterocycles. The van der Waals surface area contributed by atoms with Gasteiger partial charge in [-0.3, -0.25) is 14.5 Å². The molecule has 4 aromatic rings. The summed E-state index contributed by atoms with van der Waals surface area (Å²) >= 11 is 0. The summed E-state index contributed by atoms with van der Waals surface area (Å²) in [4.78, 5) is 77.3. The molecule has 0 amide bonds. The fourth-order valence-electron chi connectivity index (χ4n) is 9.94. The van der Waals surface area contributed by atoms with Crippen molar-refractivity contribution in [3.8, 4) is 72.4 Å². The Hall–Kier alpha value is -9.60. The van der Waals surface area contributed by atoms with E-state index in [0.717, 1.165) is 71.5 Å². The van der Waals surface area contributed by atoms with Gasteiger partial charge in [-0.1, -0.05) is 70.1 Å². The Balaban J connectivity index is 0.00000123. The van der Waals surface area contributed by atoms with Crippen LogP contribution in [-0.2, 0) is 46.7 Å². The molecule has 3 radical (unpaired) electrons. The fourth-order valence-corrected chi connectivity index (χ4v) is 9.94. The molecule has 4 fully saturated rings. The van der Waals surface area contributed by atoms with Crippen molar-refractivity contribution in [2.45, 2.75) is 111 Å². The molecule has 0 aromatic heterocycles. The van der Waals surface area contributed by atoms with Crippen LogP contribution >= 0.6 is 8.58 Å². The third-order valence-electron chi connectivity index (χ3n) is 15.0. The number of aliphatic hydroxyl groups is 1. The smallest absolute Gasteiger partial charge is 0.793 e. The number of rotatable bonds is 19. The van der Waals surface area contributed by atoms with Crippen molar-refractivity contribution in [1.29, 1.82) is 0 Å². The summed E-state index contributed by atoms with van der Waals surface area (Å²) in [6.07, 6.45) is 31.7. The number of methoxy groups -OCH3 is 1. The number of ether oxygens (including phenoxy) is 5. The van der Waals surface area contributed by atoms with Crippen molar-refractivity contribution in [2.75, 3.05) is 99.2 Å². The molecule has 8 rings (SSSR count). The van der Waals surface area contributed by atoms with E-state index >= 15 is 0 Å². The zero-order chi connectivity index (χ0) is 76.6. The number of terminal acetylenes is 4. The number of nitrogens with zero attached hydrogens (tertiary/aromatic N) is 15. The van der Waals surface area contributed by atoms with Crippen LogP contribution in [-0.4, -0.2) is 169 Å². The molecule has 0 atom stereocenters. The third kappa shape index (κ3) is 40.9. The molecule has 33 heteroatoms. The van der Waals surface area contributed by atoms with E-state index in [9.17, 15) is 24.0 Å². The zero-order valence-electron chi connectivity index (χ0n) is 60.7. The first-order chi connectivity index (χ1) is 49.7. The van der Waals surface area contributed by atoms with Crippen LogP contribution in [0.25, 0.3) is 41.8 Å². The first-order valence-corrected chi connectivity index (χ1v) is 34.6. The molecule has 0 spiro atoms. The molecular formula is C71H92BN16NaO14P. The van der Waals surface area contributed by atoms with Crippen LogP contribution in [0.15, 0.2) is 93.3 Å². The Kier molecular flexibility index (Phi) is 53.4. The molecule has 104 heavy (non-hydrogen) atoms. The van der Waals surface area contributed by atoms with Crippen molar-refractivity contribution < 1.29 is 96.8 Å². The maximum atomic E-state index is 11.3. The number of hydrogen-bond acceptors (Lipinski definition) is 22. The molecule has 30 nitrogen and oxygen atoms in total. The van der Waals surface area contributed by atoms with Crippen molar-refractivity contribution in [2.24, 2.45) is 32.3 Å². The number of hydrogen-bond donors (Lipinski definition) is 2. The number of likely N-dealkylation sites (tertiary alicyclic amines) is 3. The number of carbonyl (C=O) groups is 5. The van der Waals surface area contributed by atoms with Gasteiger partial charge >= 0.3 is 47.5 Å². The second-order valence-electron chi connectivity index (χ2n) is 22.7. The Labute approximate surface area is 634 Å². The average Bonchev–Trinajstić information content (AvgIpc) is 0.886. The molecule has 4 aromatic carbocycles. The van der Waals surface area contributed by atoms with Crippen LogP contribution in [0.1, 0.15) is 118 Å². The maximum Gasteiger partial charge on any atom is 1.00 e. The summed E-state index contributed by atoms with van der Waals surface area (Å²) < 4.78 is 29.0. The largest absolute Gasteiger partial charge is 1.00 e. The van der Waals surface area contributed by atoms with Gasteiger partial charge in [0.25, 0.3) is 0 Å². The van der Waals surface area contributed by atoms with Crippen LogP contribution in [0.4, 0.5) is 22.7 Å². The summed E-state index contributed by atoms with van der Waals surface area (Å²) in [5.41, 5.74) is 37.5. The molecule has 4 aliphatic heterocycles. The number of aldehydes is 1. The summed E-state index contributed by atoms with van der Waals surface area (Å²) in [7, 11) is 6.67. The predicted octanol–water partition coefficient (Wildman–Crippen LogP) is 10.4. The molecule has 0 saturated carbocycles. The standard InChI is InChI=1S/C21H29N5O.C11H9N3O3.C11H22N2.C10H9N3O2.C10H7N3O2.C4H6O4.C2H3BO2.C2H7P.Na/c1-3-14-27-21-5-4-18(15-20(21)23-24-22)16-25-10-8-19(9-11-25)26-12-6-17(2)7-13-26;1-3-6-17-10-5-4-8(11(15)16-2)7-9(10)13-14-12;1-10-4-8-13(9-5-10)11-2-6-12-7-3-11;2*1-2-5-15-10-4-3-8(7-14)6-9(10)12-13-11;1-3(5)7-8-4(2)6;1-2(4)5-3;1-3-2;/h1,4-5,15,17,19H,6-14,16H2,2H3;1,4-5,7H,6H2,2H3;10-12H,2-9H2,1H3;1,3-4,6,14H,5,7H2;1,3-4,6-7H,5H2;1-2H3;1H3;3H,1-2H3;/q;;;;;;-1;;+1. The van der Waals surface area contributed by atoms with Gasteiger partial charge in [-0.25, -0.2) is 24.2 Å². The second kappa shape index (κ2) is 58.9. The van der Waals surface area contributed by atoms with Gasteiger partial charge in [-0.05, 0) is 223 Å². The minimum absolute atomic E-state index is 0. The normalized spacial score (nSPS) is 13.9. The molecular weight excluding hydrogens is 1370 g/mol. The minimum atomic E-state index is -0.639.